The Labute approximate surface area is 83.9 Å². The van der Waals surface area contributed by atoms with Crippen molar-refractivity contribution in [2.45, 2.75) is 72.5 Å². The predicted octanol–water partition coefficient (Wildman–Crippen LogP) is 4.02. The van der Waals surface area contributed by atoms with E-state index >= 15 is 0 Å². The lowest BCUT2D eigenvalue weighted by Crippen LogP contribution is -2.22. The highest BCUT2D eigenvalue weighted by Crippen LogP contribution is 2.16. The molecule has 0 N–H and O–H groups in total. The van der Waals surface area contributed by atoms with Crippen LogP contribution in [0, 0.1) is 5.92 Å². The van der Waals surface area contributed by atoms with Crippen molar-refractivity contribution in [1.29, 1.82) is 0 Å². The maximum absolute atomic E-state index is 6.01. The fourth-order valence-corrected chi connectivity index (χ4v) is 1.60. The number of hydrogen-bond donors (Lipinski definition) is 0. The van der Waals surface area contributed by atoms with Crippen molar-refractivity contribution in [3.8, 4) is 0 Å². The Balaban J connectivity index is 3.80. The summed E-state index contributed by atoms with van der Waals surface area (Å²) in [6.07, 6.45) is 5.59. The largest absolute Gasteiger partial charge is 0.375 e. The number of rotatable bonds is 7. The Morgan fingerprint density at radius 1 is 0.846 bits per heavy atom. The molecule has 0 radical (unpaired) electrons. The van der Waals surface area contributed by atoms with E-state index in [0.29, 0.717) is 12.2 Å². The minimum atomic E-state index is 0.476. The summed E-state index contributed by atoms with van der Waals surface area (Å²) in [5, 5.41) is 0. The number of ether oxygens (including phenoxy) is 1. The van der Waals surface area contributed by atoms with Crippen LogP contribution in [0.3, 0.4) is 0 Å². The van der Waals surface area contributed by atoms with Gasteiger partial charge in [-0.2, -0.15) is 0 Å². The second-order valence-corrected chi connectivity index (χ2v) is 4.23. The van der Waals surface area contributed by atoms with Gasteiger partial charge in [-0.25, -0.2) is 0 Å². The summed E-state index contributed by atoms with van der Waals surface area (Å²) < 4.78 is 6.01. The van der Waals surface area contributed by atoms with Gasteiger partial charge in [0.05, 0.1) is 12.2 Å². The Morgan fingerprint density at radius 3 is 1.62 bits per heavy atom. The predicted molar refractivity (Wildman–Crippen MR) is 59.0 cm³/mol. The SMILES string of the molecule is CCC(CC)OC(CC)CC(C)C. The zero-order valence-corrected chi connectivity index (χ0v) is 9.97. The third-order valence-corrected chi connectivity index (χ3v) is 2.49. The summed E-state index contributed by atoms with van der Waals surface area (Å²) in [6.45, 7) is 11.2. The first-order valence-electron chi connectivity index (χ1n) is 5.79. The fourth-order valence-electron chi connectivity index (χ4n) is 1.60. The van der Waals surface area contributed by atoms with E-state index in [1.807, 2.05) is 0 Å². The highest BCUT2D eigenvalue weighted by atomic mass is 16.5. The zero-order chi connectivity index (χ0) is 10.3. The normalized spacial score (nSPS) is 14.1. The molecule has 13 heavy (non-hydrogen) atoms. The van der Waals surface area contributed by atoms with E-state index in [4.69, 9.17) is 4.74 Å². The molecule has 1 atom stereocenters. The van der Waals surface area contributed by atoms with Crippen LogP contribution in [-0.2, 0) is 4.74 Å². The molecule has 0 bridgehead atoms. The topological polar surface area (TPSA) is 9.23 Å². The molecule has 0 aromatic rings. The van der Waals surface area contributed by atoms with Crippen LogP contribution in [0.15, 0.2) is 0 Å². The van der Waals surface area contributed by atoms with E-state index in [9.17, 15) is 0 Å². The summed E-state index contributed by atoms with van der Waals surface area (Å²) in [5.74, 6) is 0.749. The van der Waals surface area contributed by atoms with E-state index in [2.05, 4.69) is 34.6 Å². The molecular formula is C12H26O. The van der Waals surface area contributed by atoms with Crippen LogP contribution >= 0.6 is 0 Å². The third-order valence-electron chi connectivity index (χ3n) is 2.49. The first-order chi connectivity index (χ1) is 6.13. The van der Waals surface area contributed by atoms with Crippen LogP contribution < -0.4 is 0 Å². The van der Waals surface area contributed by atoms with E-state index in [1.165, 1.54) is 6.42 Å². The smallest absolute Gasteiger partial charge is 0.0578 e. The first kappa shape index (κ1) is 13.0. The van der Waals surface area contributed by atoms with Crippen LogP contribution in [0.1, 0.15) is 60.3 Å². The molecule has 1 unspecified atom stereocenters. The second-order valence-electron chi connectivity index (χ2n) is 4.23. The van der Waals surface area contributed by atoms with Gasteiger partial charge in [-0.1, -0.05) is 34.6 Å². The van der Waals surface area contributed by atoms with Gasteiger partial charge < -0.3 is 4.74 Å². The molecule has 1 heteroatoms. The average Bonchev–Trinajstić information content (AvgIpc) is 2.11. The molecular weight excluding hydrogens is 160 g/mol. The Morgan fingerprint density at radius 2 is 1.31 bits per heavy atom. The van der Waals surface area contributed by atoms with Gasteiger partial charge in [-0.05, 0) is 31.6 Å². The molecule has 0 rings (SSSR count). The Kier molecular flexibility index (Phi) is 7.35. The summed E-state index contributed by atoms with van der Waals surface area (Å²) in [7, 11) is 0. The molecule has 80 valence electrons. The fraction of sp³-hybridized carbons (Fsp3) is 1.00. The van der Waals surface area contributed by atoms with E-state index < -0.39 is 0 Å². The van der Waals surface area contributed by atoms with Gasteiger partial charge >= 0.3 is 0 Å². The van der Waals surface area contributed by atoms with Gasteiger partial charge in [-0.3, -0.25) is 0 Å². The van der Waals surface area contributed by atoms with Crippen molar-refractivity contribution in [2.75, 3.05) is 0 Å². The molecule has 0 heterocycles. The monoisotopic (exact) mass is 186 g/mol. The molecule has 1 nitrogen and oxygen atoms in total. The zero-order valence-electron chi connectivity index (χ0n) is 9.97. The third kappa shape index (κ3) is 6.09. The number of hydrogen-bond acceptors (Lipinski definition) is 1. The van der Waals surface area contributed by atoms with E-state index in [0.717, 1.165) is 25.2 Å². The lowest BCUT2D eigenvalue weighted by Gasteiger charge is -2.23. The van der Waals surface area contributed by atoms with Gasteiger partial charge in [-0.15, -0.1) is 0 Å². The van der Waals surface area contributed by atoms with Gasteiger partial charge in [0.15, 0.2) is 0 Å². The van der Waals surface area contributed by atoms with Gasteiger partial charge in [0.2, 0.25) is 0 Å². The Hall–Kier alpha value is -0.0400. The summed E-state index contributed by atoms with van der Waals surface area (Å²) in [4.78, 5) is 0. The Bertz CT molecular complexity index is 106. The molecule has 0 aromatic carbocycles. The van der Waals surface area contributed by atoms with Crippen molar-refractivity contribution < 1.29 is 4.74 Å². The molecule has 0 aliphatic rings. The lowest BCUT2D eigenvalue weighted by atomic mass is 10.0. The van der Waals surface area contributed by atoms with Crippen LogP contribution in [0.5, 0.6) is 0 Å². The molecule has 0 saturated carbocycles. The van der Waals surface area contributed by atoms with Crippen LogP contribution in [-0.4, -0.2) is 12.2 Å². The minimum absolute atomic E-state index is 0.476. The highest BCUT2D eigenvalue weighted by molar-refractivity contribution is 4.62. The molecule has 0 aliphatic carbocycles. The van der Waals surface area contributed by atoms with Crippen LogP contribution in [0.25, 0.3) is 0 Å². The van der Waals surface area contributed by atoms with Crippen molar-refractivity contribution >= 4 is 0 Å². The van der Waals surface area contributed by atoms with E-state index in [1.54, 1.807) is 0 Å². The standard InChI is InChI=1S/C12H26O/c1-6-11(7-2)13-12(8-3)9-10(4)5/h10-12H,6-9H2,1-5H3. The van der Waals surface area contributed by atoms with Gasteiger partial charge in [0, 0.05) is 0 Å². The summed E-state index contributed by atoms with van der Waals surface area (Å²) >= 11 is 0. The molecule has 0 saturated heterocycles. The maximum atomic E-state index is 6.01. The van der Waals surface area contributed by atoms with Crippen molar-refractivity contribution in [3.05, 3.63) is 0 Å². The van der Waals surface area contributed by atoms with E-state index in [-0.39, 0.29) is 0 Å². The summed E-state index contributed by atoms with van der Waals surface area (Å²) in [5.41, 5.74) is 0. The van der Waals surface area contributed by atoms with Gasteiger partial charge in [0.1, 0.15) is 0 Å². The van der Waals surface area contributed by atoms with Crippen LogP contribution in [0.4, 0.5) is 0 Å². The minimum Gasteiger partial charge on any atom is -0.375 e. The molecule has 0 aromatic heterocycles. The van der Waals surface area contributed by atoms with Crippen molar-refractivity contribution in [3.63, 3.8) is 0 Å². The van der Waals surface area contributed by atoms with Crippen LogP contribution in [0.2, 0.25) is 0 Å². The van der Waals surface area contributed by atoms with Crippen molar-refractivity contribution in [1.82, 2.24) is 0 Å². The van der Waals surface area contributed by atoms with Gasteiger partial charge in [0.25, 0.3) is 0 Å². The average molecular weight is 186 g/mol. The quantitative estimate of drug-likeness (QED) is 0.583. The second kappa shape index (κ2) is 7.37. The molecule has 0 spiro atoms. The summed E-state index contributed by atoms with van der Waals surface area (Å²) in [6, 6.07) is 0. The highest BCUT2D eigenvalue weighted by Gasteiger charge is 2.13. The molecule has 0 fully saturated rings. The first-order valence-corrected chi connectivity index (χ1v) is 5.79. The van der Waals surface area contributed by atoms with Crippen molar-refractivity contribution in [2.24, 2.45) is 5.92 Å². The molecule has 0 amide bonds. The lowest BCUT2D eigenvalue weighted by molar-refractivity contribution is -0.0267. The maximum Gasteiger partial charge on any atom is 0.0578 e. The molecule has 0 aliphatic heterocycles.